The number of hydrogen-bond donors (Lipinski definition) is 1. The van der Waals surface area contributed by atoms with Crippen LogP contribution in [0, 0.1) is 5.92 Å². The van der Waals surface area contributed by atoms with Crippen LogP contribution in [0.1, 0.15) is 60.3 Å². The van der Waals surface area contributed by atoms with Crippen LogP contribution in [0.3, 0.4) is 0 Å². The first-order valence-electron chi connectivity index (χ1n) is 6.92. The molecule has 0 aromatic carbocycles. The van der Waals surface area contributed by atoms with Crippen LogP contribution in [0.4, 0.5) is 0 Å². The number of rotatable bonds is 10. The summed E-state index contributed by atoms with van der Waals surface area (Å²) in [4.78, 5) is 0. The van der Waals surface area contributed by atoms with E-state index in [1.54, 1.807) is 0 Å². The molecule has 0 saturated heterocycles. The van der Waals surface area contributed by atoms with Gasteiger partial charge in [-0.2, -0.15) is 0 Å². The lowest BCUT2D eigenvalue weighted by Crippen LogP contribution is -2.41. The van der Waals surface area contributed by atoms with Gasteiger partial charge in [0.05, 0.1) is 5.60 Å². The molecule has 0 fully saturated rings. The van der Waals surface area contributed by atoms with Gasteiger partial charge in [-0.3, -0.25) is 0 Å². The van der Waals surface area contributed by atoms with E-state index in [0.717, 1.165) is 26.1 Å². The molecule has 1 N–H and O–H groups in total. The number of ether oxygens (including phenoxy) is 1. The molecule has 0 saturated carbocycles. The lowest BCUT2D eigenvalue weighted by atomic mass is 10.0. The lowest BCUT2D eigenvalue weighted by molar-refractivity contribution is -0.0480. The van der Waals surface area contributed by atoms with Crippen LogP contribution in [-0.4, -0.2) is 25.3 Å². The summed E-state index contributed by atoms with van der Waals surface area (Å²) in [6.45, 7) is 14.1. The van der Waals surface area contributed by atoms with Crippen LogP contribution in [0.15, 0.2) is 0 Å². The first-order valence-corrected chi connectivity index (χ1v) is 6.92. The van der Waals surface area contributed by atoms with Gasteiger partial charge in [-0.1, -0.05) is 34.1 Å². The van der Waals surface area contributed by atoms with E-state index in [-0.39, 0.29) is 5.60 Å². The van der Waals surface area contributed by atoms with E-state index >= 15 is 0 Å². The maximum absolute atomic E-state index is 6.08. The molecule has 0 aromatic heterocycles. The Morgan fingerprint density at radius 1 is 1.19 bits per heavy atom. The fourth-order valence-electron chi connectivity index (χ4n) is 1.73. The molecule has 16 heavy (non-hydrogen) atoms. The first kappa shape index (κ1) is 15.9. The maximum Gasteiger partial charge on any atom is 0.0775 e. The third-order valence-corrected chi connectivity index (χ3v) is 3.17. The van der Waals surface area contributed by atoms with E-state index in [9.17, 15) is 0 Å². The van der Waals surface area contributed by atoms with Gasteiger partial charge >= 0.3 is 0 Å². The summed E-state index contributed by atoms with van der Waals surface area (Å²) in [6.07, 6.45) is 4.78. The van der Waals surface area contributed by atoms with Crippen LogP contribution >= 0.6 is 0 Å². The maximum atomic E-state index is 6.08. The average molecular weight is 229 g/mol. The highest BCUT2D eigenvalue weighted by Crippen LogP contribution is 2.17. The zero-order chi connectivity index (χ0) is 12.4. The van der Waals surface area contributed by atoms with Gasteiger partial charge in [0.1, 0.15) is 0 Å². The Labute approximate surface area is 102 Å². The van der Waals surface area contributed by atoms with E-state index in [1.807, 2.05) is 0 Å². The van der Waals surface area contributed by atoms with Crippen LogP contribution in [0.2, 0.25) is 0 Å². The highest BCUT2D eigenvalue weighted by atomic mass is 16.5. The standard InChI is InChI=1S/C14H31NO/c1-6-9-13(4)11-16-14(5,8-3)12-15-10-7-2/h13,15H,6-12H2,1-5H3. The quantitative estimate of drug-likeness (QED) is 0.578. The highest BCUT2D eigenvalue weighted by molar-refractivity contribution is 4.76. The fraction of sp³-hybridized carbons (Fsp3) is 1.00. The molecule has 0 amide bonds. The fourth-order valence-corrected chi connectivity index (χ4v) is 1.73. The van der Waals surface area contributed by atoms with Gasteiger partial charge in [0.25, 0.3) is 0 Å². The molecule has 0 heterocycles. The molecule has 0 rings (SSSR count). The summed E-state index contributed by atoms with van der Waals surface area (Å²) in [7, 11) is 0. The predicted molar refractivity (Wildman–Crippen MR) is 71.9 cm³/mol. The SMILES string of the molecule is CCCNCC(C)(CC)OCC(C)CCC. The molecule has 0 radical (unpaired) electrons. The van der Waals surface area contributed by atoms with Crippen molar-refractivity contribution in [1.29, 1.82) is 0 Å². The molecular weight excluding hydrogens is 198 g/mol. The second-order valence-corrected chi connectivity index (χ2v) is 5.19. The second kappa shape index (κ2) is 9.00. The van der Waals surface area contributed by atoms with Crippen molar-refractivity contribution in [1.82, 2.24) is 5.32 Å². The molecule has 0 aliphatic heterocycles. The molecule has 2 unspecified atom stereocenters. The third kappa shape index (κ3) is 7.24. The van der Waals surface area contributed by atoms with E-state index in [0.29, 0.717) is 5.92 Å². The minimum atomic E-state index is 0.0111. The van der Waals surface area contributed by atoms with Crippen molar-refractivity contribution < 1.29 is 4.74 Å². The molecule has 2 heteroatoms. The molecule has 2 nitrogen and oxygen atoms in total. The summed E-state index contributed by atoms with van der Waals surface area (Å²) < 4.78 is 6.08. The van der Waals surface area contributed by atoms with Crippen LogP contribution in [-0.2, 0) is 4.74 Å². The lowest BCUT2D eigenvalue weighted by Gasteiger charge is -2.30. The van der Waals surface area contributed by atoms with Crippen LogP contribution in [0.25, 0.3) is 0 Å². The second-order valence-electron chi connectivity index (χ2n) is 5.19. The van der Waals surface area contributed by atoms with Gasteiger partial charge in [0.15, 0.2) is 0 Å². The Bertz CT molecular complexity index is 161. The van der Waals surface area contributed by atoms with Crippen molar-refractivity contribution in [3.8, 4) is 0 Å². The van der Waals surface area contributed by atoms with E-state index in [1.165, 1.54) is 19.3 Å². The Hall–Kier alpha value is -0.0800. The molecule has 0 aromatic rings. The molecule has 0 bridgehead atoms. The Balaban J connectivity index is 3.85. The van der Waals surface area contributed by atoms with E-state index in [2.05, 4.69) is 39.9 Å². The summed E-state index contributed by atoms with van der Waals surface area (Å²) in [5.41, 5.74) is 0.0111. The zero-order valence-electron chi connectivity index (χ0n) is 11.9. The summed E-state index contributed by atoms with van der Waals surface area (Å²) in [5.74, 6) is 0.682. The number of nitrogens with one attached hydrogen (secondary N) is 1. The van der Waals surface area contributed by atoms with Gasteiger partial charge in [0.2, 0.25) is 0 Å². The Kier molecular flexibility index (Phi) is 8.96. The Morgan fingerprint density at radius 2 is 1.88 bits per heavy atom. The van der Waals surface area contributed by atoms with E-state index < -0.39 is 0 Å². The normalized spacial score (nSPS) is 17.1. The molecule has 0 aliphatic rings. The van der Waals surface area contributed by atoms with Crippen LogP contribution < -0.4 is 5.32 Å². The zero-order valence-corrected chi connectivity index (χ0v) is 11.9. The van der Waals surface area contributed by atoms with Gasteiger partial charge in [0, 0.05) is 13.2 Å². The van der Waals surface area contributed by atoms with Gasteiger partial charge < -0.3 is 10.1 Å². The minimum absolute atomic E-state index is 0.0111. The molecular formula is C14H31NO. The molecule has 2 atom stereocenters. The first-order chi connectivity index (χ1) is 7.58. The predicted octanol–water partition coefficient (Wildman–Crippen LogP) is 3.61. The summed E-state index contributed by atoms with van der Waals surface area (Å²) >= 11 is 0. The van der Waals surface area contributed by atoms with Crippen molar-refractivity contribution >= 4 is 0 Å². The highest BCUT2D eigenvalue weighted by Gasteiger charge is 2.22. The average Bonchev–Trinajstić information content (AvgIpc) is 2.27. The monoisotopic (exact) mass is 229 g/mol. The molecule has 0 aliphatic carbocycles. The molecule has 0 spiro atoms. The largest absolute Gasteiger partial charge is 0.374 e. The van der Waals surface area contributed by atoms with Crippen molar-refractivity contribution in [2.75, 3.05) is 19.7 Å². The summed E-state index contributed by atoms with van der Waals surface area (Å²) in [6, 6.07) is 0. The van der Waals surface area contributed by atoms with Gasteiger partial charge in [-0.15, -0.1) is 0 Å². The van der Waals surface area contributed by atoms with Crippen molar-refractivity contribution in [3.63, 3.8) is 0 Å². The summed E-state index contributed by atoms with van der Waals surface area (Å²) in [5, 5.41) is 3.46. The van der Waals surface area contributed by atoms with Crippen molar-refractivity contribution in [2.45, 2.75) is 65.9 Å². The van der Waals surface area contributed by atoms with Crippen LogP contribution in [0.5, 0.6) is 0 Å². The molecule has 98 valence electrons. The van der Waals surface area contributed by atoms with Crippen molar-refractivity contribution in [3.05, 3.63) is 0 Å². The number of hydrogen-bond acceptors (Lipinski definition) is 2. The minimum Gasteiger partial charge on any atom is -0.374 e. The topological polar surface area (TPSA) is 21.3 Å². The van der Waals surface area contributed by atoms with Gasteiger partial charge in [-0.05, 0) is 38.6 Å². The van der Waals surface area contributed by atoms with E-state index in [4.69, 9.17) is 4.74 Å². The third-order valence-electron chi connectivity index (χ3n) is 3.17. The van der Waals surface area contributed by atoms with Gasteiger partial charge in [-0.25, -0.2) is 0 Å². The smallest absolute Gasteiger partial charge is 0.0775 e. The van der Waals surface area contributed by atoms with Crippen molar-refractivity contribution in [2.24, 2.45) is 5.92 Å². The Morgan fingerprint density at radius 3 is 2.38 bits per heavy atom.